The largest absolute Gasteiger partial charge is 0.364 e. The number of piperidine rings is 1. The number of nitrogens with one attached hydrogen (secondary N) is 2. The lowest BCUT2D eigenvalue weighted by molar-refractivity contribution is 0.0993. The molecule has 8 nitrogen and oxygen atoms in total. The molecule has 1 aliphatic carbocycles. The van der Waals surface area contributed by atoms with Gasteiger partial charge in [0.05, 0.1) is 11.6 Å². The second-order valence-corrected chi connectivity index (χ2v) is 9.14. The fraction of sp³-hybridized carbons (Fsp3) is 0.591. The quantitative estimate of drug-likeness (QED) is 0.720. The topological polar surface area (TPSA) is 105 Å². The van der Waals surface area contributed by atoms with E-state index in [1.807, 2.05) is 22.9 Å². The third-order valence-electron chi connectivity index (χ3n) is 7.31. The smallest absolute Gasteiger partial charge is 0.319 e. The predicted molar refractivity (Wildman–Crippen MR) is 116 cm³/mol. The molecule has 4 N–H and O–H groups in total. The van der Waals surface area contributed by atoms with Gasteiger partial charge in [-0.05, 0) is 63.8 Å². The molecule has 2 bridgehead atoms. The van der Waals surface area contributed by atoms with Crippen LogP contribution in [0.2, 0.25) is 0 Å². The Morgan fingerprint density at radius 3 is 2.43 bits per heavy atom. The molecule has 2 aliphatic heterocycles. The SMILES string of the molecule is CN1C2CCC1CC(n1nc(C(N)=O)c3cc(NC(=O)NC4CCCC4)ccc31)C2. The Balaban J connectivity index is 1.41. The van der Waals surface area contributed by atoms with Gasteiger partial charge in [0.2, 0.25) is 0 Å². The zero-order chi connectivity index (χ0) is 20.8. The van der Waals surface area contributed by atoms with E-state index in [1.54, 1.807) is 0 Å². The van der Waals surface area contributed by atoms with Gasteiger partial charge in [-0.3, -0.25) is 9.48 Å². The van der Waals surface area contributed by atoms with Crippen molar-refractivity contribution in [1.29, 1.82) is 0 Å². The number of carbonyl (C=O) groups excluding carboxylic acids is 2. The van der Waals surface area contributed by atoms with E-state index in [0.717, 1.165) is 44.0 Å². The van der Waals surface area contributed by atoms with Gasteiger partial charge in [-0.2, -0.15) is 5.10 Å². The summed E-state index contributed by atoms with van der Waals surface area (Å²) >= 11 is 0. The van der Waals surface area contributed by atoms with E-state index >= 15 is 0 Å². The molecule has 5 rings (SSSR count). The van der Waals surface area contributed by atoms with Crippen LogP contribution in [-0.4, -0.2) is 51.8 Å². The molecule has 2 saturated heterocycles. The molecule has 30 heavy (non-hydrogen) atoms. The van der Waals surface area contributed by atoms with E-state index in [4.69, 9.17) is 5.73 Å². The molecule has 1 aromatic carbocycles. The highest BCUT2D eigenvalue weighted by molar-refractivity contribution is 6.05. The van der Waals surface area contributed by atoms with Crippen molar-refractivity contribution in [2.45, 2.75) is 75.5 Å². The van der Waals surface area contributed by atoms with Crippen LogP contribution in [0.5, 0.6) is 0 Å². The van der Waals surface area contributed by atoms with Crippen molar-refractivity contribution < 1.29 is 9.59 Å². The van der Waals surface area contributed by atoms with E-state index < -0.39 is 5.91 Å². The molecule has 1 aromatic heterocycles. The van der Waals surface area contributed by atoms with Gasteiger partial charge in [0, 0.05) is 29.2 Å². The maximum Gasteiger partial charge on any atom is 0.319 e. The van der Waals surface area contributed by atoms with E-state index in [1.165, 1.54) is 12.8 Å². The van der Waals surface area contributed by atoms with Crippen LogP contribution in [0.15, 0.2) is 18.2 Å². The van der Waals surface area contributed by atoms with Crippen molar-refractivity contribution in [3.05, 3.63) is 23.9 Å². The third kappa shape index (κ3) is 3.43. The number of rotatable bonds is 4. The van der Waals surface area contributed by atoms with Gasteiger partial charge in [0.25, 0.3) is 5.91 Å². The van der Waals surface area contributed by atoms with Crippen molar-refractivity contribution in [2.24, 2.45) is 5.73 Å². The van der Waals surface area contributed by atoms with Gasteiger partial charge in [-0.25, -0.2) is 4.79 Å². The van der Waals surface area contributed by atoms with E-state index in [0.29, 0.717) is 23.2 Å². The number of amides is 3. The van der Waals surface area contributed by atoms with Crippen LogP contribution in [-0.2, 0) is 0 Å². The van der Waals surface area contributed by atoms with E-state index in [9.17, 15) is 9.59 Å². The Morgan fingerprint density at radius 1 is 1.07 bits per heavy atom. The Kier molecular flexibility index (Phi) is 4.89. The molecular formula is C22H30N6O2. The molecule has 3 heterocycles. The summed E-state index contributed by atoms with van der Waals surface area (Å²) in [4.78, 5) is 26.9. The fourth-order valence-corrected chi connectivity index (χ4v) is 5.68. The summed E-state index contributed by atoms with van der Waals surface area (Å²) < 4.78 is 2.00. The van der Waals surface area contributed by atoms with Crippen molar-refractivity contribution in [2.75, 3.05) is 12.4 Å². The molecular weight excluding hydrogens is 380 g/mol. The number of hydrogen-bond acceptors (Lipinski definition) is 4. The summed E-state index contributed by atoms with van der Waals surface area (Å²) in [6, 6.07) is 7.09. The van der Waals surface area contributed by atoms with Crippen LogP contribution < -0.4 is 16.4 Å². The predicted octanol–water partition coefficient (Wildman–Crippen LogP) is 3.00. The number of nitrogens with two attached hydrogens (primary N) is 1. The fourth-order valence-electron chi connectivity index (χ4n) is 5.68. The van der Waals surface area contributed by atoms with Crippen LogP contribution in [0.25, 0.3) is 10.9 Å². The van der Waals surface area contributed by atoms with Crippen LogP contribution in [0.1, 0.15) is 67.9 Å². The Morgan fingerprint density at radius 2 is 1.77 bits per heavy atom. The number of primary amides is 1. The van der Waals surface area contributed by atoms with Crippen LogP contribution >= 0.6 is 0 Å². The molecule has 1 saturated carbocycles. The van der Waals surface area contributed by atoms with Crippen molar-refractivity contribution >= 4 is 28.5 Å². The average Bonchev–Trinajstić information content (AvgIpc) is 3.38. The summed E-state index contributed by atoms with van der Waals surface area (Å²) in [7, 11) is 2.21. The minimum absolute atomic E-state index is 0.207. The van der Waals surface area contributed by atoms with Gasteiger partial charge in [-0.15, -0.1) is 0 Å². The summed E-state index contributed by atoms with van der Waals surface area (Å²) in [6.07, 6.45) is 8.91. The molecule has 0 radical (unpaired) electrons. The minimum Gasteiger partial charge on any atom is -0.364 e. The van der Waals surface area contributed by atoms with E-state index in [2.05, 4.69) is 27.7 Å². The van der Waals surface area contributed by atoms with Crippen molar-refractivity contribution in [1.82, 2.24) is 20.0 Å². The lowest BCUT2D eigenvalue weighted by atomic mass is 9.98. The monoisotopic (exact) mass is 410 g/mol. The first kappa shape index (κ1) is 19.4. The first-order chi connectivity index (χ1) is 14.5. The molecule has 3 amide bonds. The number of hydrogen-bond donors (Lipinski definition) is 3. The molecule has 2 aromatic rings. The number of aromatic nitrogens is 2. The van der Waals surface area contributed by atoms with Crippen molar-refractivity contribution in [3.63, 3.8) is 0 Å². The second-order valence-electron chi connectivity index (χ2n) is 9.14. The Bertz CT molecular complexity index is 965. The summed E-state index contributed by atoms with van der Waals surface area (Å²) in [6.45, 7) is 0. The first-order valence-corrected chi connectivity index (χ1v) is 11.1. The highest BCUT2D eigenvalue weighted by Gasteiger charge is 2.40. The number of fused-ring (bicyclic) bond motifs is 3. The van der Waals surface area contributed by atoms with Gasteiger partial charge in [0.1, 0.15) is 0 Å². The Hall–Kier alpha value is -2.61. The van der Waals surface area contributed by atoms with Crippen LogP contribution in [0.3, 0.4) is 0 Å². The van der Waals surface area contributed by atoms with Gasteiger partial charge < -0.3 is 21.3 Å². The van der Waals surface area contributed by atoms with Crippen molar-refractivity contribution in [3.8, 4) is 0 Å². The zero-order valence-corrected chi connectivity index (χ0v) is 17.4. The molecule has 0 spiro atoms. The lowest BCUT2D eigenvalue weighted by Gasteiger charge is -2.36. The highest BCUT2D eigenvalue weighted by Crippen LogP contribution is 2.41. The maximum atomic E-state index is 12.3. The zero-order valence-electron chi connectivity index (χ0n) is 17.4. The van der Waals surface area contributed by atoms with Gasteiger partial charge in [-0.1, -0.05) is 12.8 Å². The molecule has 2 unspecified atom stereocenters. The number of benzene rings is 1. The second kappa shape index (κ2) is 7.58. The number of carbonyl (C=O) groups is 2. The summed E-state index contributed by atoms with van der Waals surface area (Å²) in [5, 5.41) is 11.3. The van der Waals surface area contributed by atoms with Gasteiger partial charge in [0.15, 0.2) is 5.69 Å². The highest BCUT2D eigenvalue weighted by atomic mass is 16.2. The van der Waals surface area contributed by atoms with Crippen LogP contribution in [0.4, 0.5) is 10.5 Å². The molecule has 8 heteroatoms. The summed E-state index contributed by atoms with van der Waals surface area (Å²) in [5.41, 5.74) is 7.47. The molecule has 160 valence electrons. The standard InChI is InChI=1S/C22H30N6O2/c1-27-15-7-8-16(27)12-17(11-15)28-19-9-6-14(10-18(19)20(26-28)21(23)29)25-22(30)24-13-4-2-3-5-13/h6,9-10,13,15-17H,2-5,7-8,11-12H2,1H3,(H2,23,29)(H2,24,25,30). The summed E-state index contributed by atoms with van der Waals surface area (Å²) in [5.74, 6) is -0.540. The normalized spacial score (nSPS) is 26.9. The number of nitrogens with zero attached hydrogens (tertiary/aromatic N) is 3. The molecule has 2 atom stereocenters. The lowest BCUT2D eigenvalue weighted by Crippen LogP contribution is -2.40. The molecule has 3 aliphatic rings. The number of urea groups is 1. The third-order valence-corrected chi connectivity index (χ3v) is 7.31. The van der Waals surface area contributed by atoms with Crippen LogP contribution in [0, 0.1) is 0 Å². The molecule has 3 fully saturated rings. The maximum absolute atomic E-state index is 12.3. The van der Waals surface area contributed by atoms with Gasteiger partial charge >= 0.3 is 6.03 Å². The van der Waals surface area contributed by atoms with E-state index in [-0.39, 0.29) is 23.8 Å². The average molecular weight is 411 g/mol. The minimum atomic E-state index is -0.540. The first-order valence-electron chi connectivity index (χ1n) is 11.1. The number of anilines is 1. The Labute approximate surface area is 176 Å².